The van der Waals surface area contributed by atoms with Crippen LogP contribution < -0.4 is 0 Å². The largest absolute Gasteiger partial charge is 0.385 e. The van der Waals surface area contributed by atoms with E-state index < -0.39 is 0 Å². The Morgan fingerprint density at radius 2 is 1.91 bits per heavy atom. The van der Waals surface area contributed by atoms with E-state index in [0.717, 1.165) is 12.5 Å². The average Bonchev–Trinajstić information content (AvgIpc) is 2.01. The molecule has 1 heteroatoms. The third-order valence-corrected chi connectivity index (χ3v) is 2.12. The first kappa shape index (κ1) is 11.0. The quantitative estimate of drug-likeness (QED) is 0.517. The van der Waals surface area contributed by atoms with E-state index in [1.807, 2.05) is 0 Å². The van der Waals surface area contributed by atoms with Crippen molar-refractivity contribution in [3.63, 3.8) is 0 Å². The van der Waals surface area contributed by atoms with Crippen molar-refractivity contribution in [2.75, 3.05) is 13.7 Å². The average molecular weight is 158 g/mol. The predicted molar refractivity (Wildman–Crippen MR) is 49.8 cm³/mol. The minimum atomic E-state index is 0.849. The van der Waals surface area contributed by atoms with Crippen molar-refractivity contribution in [3.8, 4) is 0 Å². The molecule has 0 heterocycles. The summed E-state index contributed by atoms with van der Waals surface area (Å²) in [6.07, 6.45) is 6.70. The van der Waals surface area contributed by atoms with Gasteiger partial charge < -0.3 is 4.74 Å². The zero-order valence-electron chi connectivity index (χ0n) is 8.23. The van der Waals surface area contributed by atoms with Crippen LogP contribution in [0.2, 0.25) is 0 Å². The molecular weight excluding hydrogens is 136 g/mol. The van der Waals surface area contributed by atoms with Crippen LogP contribution in [-0.4, -0.2) is 13.7 Å². The van der Waals surface area contributed by atoms with Crippen LogP contribution in [0, 0.1) is 5.92 Å². The van der Waals surface area contributed by atoms with Crippen molar-refractivity contribution >= 4 is 0 Å². The van der Waals surface area contributed by atoms with Gasteiger partial charge in [-0.1, -0.05) is 39.5 Å². The van der Waals surface area contributed by atoms with Crippen molar-refractivity contribution in [2.24, 2.45) is 5.92 Å². The van der Waals surface area contributed by atoms with Gasteiger partial charge in [0, 0.05) is 13.7 Å². The maximum atomic E-state index is 5.02. The minimum Gasteiger partial charge on any atom is -0.385 e. The van der Waals surface area contributed by atoms with Crippen LogP contribution in [0.1, 0.15) is 46.0 Å². The Kier molecular flexibility index (Phi) is 8.03. The molecule has 68 valence electrons. The molecule has 0 amide bonds. The lowest BCUT2D eigenvalue weighted by molar-refractivity contribution is 0.177. The van der Waals surface area contributed by atoms with E-state index in [1.54, 1.807) is 7.11 Å². The highest BCUT2D eigenvalue weighted by molar-refractivity contribution is 4.52. The lowest BCUT2D eigenvalue weighted by Gasteiger charge is -2.09. The van der Waals surface area contributed by atoms with Gasteiger partial charge in [0.05, 0.1) is 0 Å². The fourth-order valence-corrected chi connectivity index (χ4v) is 1.21. The molecule has 0 saturated carbocycles. The Morgan fingerprint density at radius 1 is 1.18 bits per heavy atom. The second-order valence-electron chi connectivity index (χ2n) is 3.38. The van der Waals surface area contributed by atoms with E-state index in [2.05, 4.69) is 13.8 Å². The van der Waals surface area contributed by atoms with Crippen LogP contribution in [-0.2, 0) is 4.74 Å². The Bertz CT molecular complexity index is 71.3. The van der Waals surface area contributed by atoms with Crippen LogP contribution in [0.15, 0.2) is 0 Å². The monoisotopic (exact) mass is 158 g/mol. The van der Waals surface area contributed by atoms with Gasteiger partial charge in [-0.3, -0.25) is 0 Å². The first-order valence-electron chi connectivity index (χ1n) is 4.80. The molecule has 11 heavy (non-hydrogen) atoms. The summed E-state index contributed by atoms with van der Waals surface area (Å²) in [5, 5.41) is 0. The Balaban J connectivity index is 3.02. The number of hydrogen-bond donors (Lipinski definition) is 0. The molecule has 0 aromatic rings. The number of rotatable bonds is 7. The summed E-state index contributed by atoms with van der Waals surface area (Å²) in [5.41, 5.74) is 0. The molecule has 1 nitrogen and oxygen atoms in total. The van der Waals surface area contributed by atoms with E-state index >= 15 is 0 Å². The summed E-state index contributed by atoms with van der Waals surface area (Å²) < 4.78 is 5.02. The van der Waals surface area contributed by atoms with Gasteiger partial charge in [-0.25, -0.2) is 0 Å². The van der Waals surface area contributed by atoms with Gasteiger partial charge in [0.1, 0.15) is 0 Å². The summed E-state index contributed by atoms with van der Waals surface area (Å²) in [6.45, 7) is 5.49. The van der Waals surface area contributed by atoms with E-state index in [-0.39, 0.29) is 0 Å². The van der Waals surface area contributed by atoms with Gasteiger partial charge in [-0.2, -0.15) is 0 Å². The van der Waals surface area contributed by atoms with Crippen molar-refractivity contribution < 1.29 is 4.74 Å². The SMILES string of the molecule is CCCCC[C@H](C)CCOC. The maximum Gasteiger partial charge on any atom is 0.0464 e. The number of unbranched alkanes of at least 4 members (excludes halogenated alkanes) is 2. The highest BCUT2D eigenvalue weighted by Gasteiger charge is 1.99. The molecule has 0 bridgehead atoms. The van der Waals surface area contributed by atoms with E-state index in [1.165, 1.54) is 32.1 Å². The van der Waals surface area contributed by atoms with Gasteiger partial charge in [0.15, 0.2) is 0 Å². The molecule has 0 N–H and O–H groups in total. The Labute approximate surface area is 71.1 Å². The molecule has 1 atom stereocenters. The van der Waals surface area contributed by atoms with Crippen molar-refractivity contribution in [1.29, 1.82) is 0 Å². The number of ether oxygens (including phenoxy) is 1. The summed E-state index contributed by atoms with van der Waals surface area (Å²) >= 11 is 0. The van der Waals surface area contributed by atoms with Gasteiger partial charge >= 0.3 is 0 Å². The lowest BCUT2D eigenvalue weighted by atomic mass is 10.0. The van der Waals surface area contributed by atoms with E-state index in [0.29, 0.717) is 0 Å². The number of hydrogen-bond acceptors (Lipinski definition) is 1. The standard InChI is InChI=1S/C10H22O/c1-4-5-6-7-10(2)8-9-11-3/h10H,4-9H2,1-3H3/t10-/m0/s1. The molecule has 0 aromatic carbocycles. The molecule has 0 radical (unpaired) electrons. The summed E-state index contributed by atoms with van der Waals surface area (Å²) in [7, 11) is 1.78. The van der Waals surface area contributed by atoms with Gasteiger partial charge in [0.2, 0.25) is 0 Å². The zero-order chi connectivity index (χ0) is 8.53. The van der Waals surface area contributed by atoms with E-state index in [9.17, 15) is 0 Å². The summed E-state index contributed by atoms with van der Waals surface area (Å²) in [5.74, 6) is 0.849. The van der Waals surface area contributed by atoms with Crippen LogP contribution in [0.3, 0.4) is 0 Å². The second-order valence-corrected chi connectivity index (χ2v) is 3.38. The third-order valence-electron chi connectivity index (χ3n) is 2.12. The molecule has 0 aromatic heterocycles. The third kappa shape index (κ3) is 7.86. The summed E-state index contributed by atoms with van der Waals surface area (Å²) in [6, 6.07) is 0. The van der Waals surface area contributed by atoms with Crippen LogP contribution >= 0.6 is 0 Å². The van der Waals surface area contributed by atoms with Crippen molar-refractivity contribution in [3.05, 3.63) is 0 Å². The highest BCUT2D eigenvalue weighted by Crippen LogP contribution is 2.12. The van der Waals surface area contributed by atoms with Crippen molar-refractivity contribution in [2.45, 2.75) is 46.0 Å². The molecule has 0 unspecified atom stereocenters. The molecule has 0 fully saturated rings. The maximum absolute atomic E-state index is 5.02. The Morgan fingerprint density at radius 3 is 2.45 bits per heavy atom. The fourth-order valence-electron chi connectivity index (χ4n) is 1.21. The second kappa shape index (κ2) is 8.06. The van der Waals surface area contributed by atoms with Crippen molar-refractivity contribution in [1.82, 2.24) is 0 Å². The van der Waals surface area contributed by atoms with Gasteiger partial charge in [0.25, 0.3) is 0 Å². The smallest absolute Gasteiger partial charge is 0.0464 e. The fraction of sp³-hybridized carbons (Fsp3) is 1.00. The Hall–Kier alpha value is -0.0400. The zero-order valence-corrected chi connectivity index (χ0v) is 8.23. The van der Waals surface area contributed by atoms with Crippen LogP contribution in [0.5, 0.6) is 0 Å². The first-order chi connectivity index (χ1) is 5.31. The van der Waals surface area contributed by atoms with Gasteiger partial charge in [-0.15, -0.1) is 0 Å². The highest BCUT2D eigenvalue weighted by atomic mass is 16.5. The summed E-state index contributed by atoms with van der Waals surface area (Å²) in [4.78, 5) is 0. The first-order valence-corrected chi connectivity index (χ1v) is 4.80. The molecule has 0 saturated heterocycles. The normalized spacial score (nSPS) is 13.4. The molecule has 0 aliphatic heterocycles. The molecule has 0 aliphatic rings. The predicted octanol–water partition coefficient (Wildman–Crippen LogP) is 3.24. The van der Waals surface area contributed by atoms with Crippen LogP contribution in [0.4, 0.5) is 0 Å². The van der Waals surface area contributed by atoms with E-state index in [4.69, 9.17) is 4.74 Å². The lowest BCUT2D eigenvalue weighted by Crippen LogP contribution is -1.99. The molecule has 0 aliphatic carbocycles. The molecular formula is C10H22O. The molecule has 0 spiro atoms. The van der Waals surface area contributed by atoms with Gasteiger partial charge in [-0.05, 0) is 12.3 Å². The minimum absolute atomic E-state index is 0.849. The number of methoxy groups -OCH3 is 1. The van der Waals surface area contributed by atoms with Crippen LogP contribution in [0.25, 0.3) is 0 Å². The molecule has 0 rings (SSSR count). The topological polar surface area (TPSA) is 9.23 Å².